The van der Waals surface area contributed by atoms with Crippen LogP contribution in [0.15, 0.2) is 88.7 Å². The molecule has 0 radical (unpaired) electrons. The molecule has 0 fully saturated rings. The van der Waals surface area contributed by atoms with Crippen LogP contribution in [0.4, 0.5) is 5.69 Å². The standard InChI is InChI=1S/C30H29ClN2O8S2.K/c1-2-21(17-29-32(13-6-15-42(34,35)36)26-20-24(31)10-12-28(26)41-29)18-30-33(14-16-43(37,38)39)25-19-23(9-11-27(25)40-30)22-7-4-3-5-8-22;/h3-5,7-12,17-20H,2,6,13-16H2,1H3,(H-,34,35,36,37,38,39);/q;+1/p-1. The first-order valence-corrected chi connectivity index (χ1v) is 17.0. The fourth-order valence-corrected chi connectivity index (χ4v) is 5.88. The maximum absolute atomic E-state index is 11.6. The number of ether oxygens (including phenoxy) is 1. The van der Waals surface area contributed by atoms with Crippen molar-refractivity contribution in [2.75, 3.05) is 23.0 Å². The van der Waals surface area contributed by atoms with E-state index in [1.807, 2.05) is 49.4 Å². The number of rotatable bonds is 11. The summed E-state index contributed by atoms with van der Waals surface area (Å²) in [4.78, 5) is 1.75. The van der Waals surface area contributed by atoms with Crippen molar-refractivity contribution in [2.45, 2.75) is 26.3 Å². The minimum absolute atomic E-state index is 0. The molecule has 5 rings (SSSR count). The molecule has 44 heavy (non-hydrogen) atoms. The molecule has 1 aliphatic rings. The Morgan fingerprint density at radius 1 is 0.955 bits per heavy atom. The third-order valence-electron chi connectivity index (χ3n) is 6.90. The minimum atomic E-state index is -4.51. The summed E-state index contributed by atoms with van der Waals surface area (Å²) >= 11 is 6.21. The summed E-state index contributed by atoms with van der Waals surface area (Å²) < 4.78 is 82.3. The van der Waals surface area contributed by atoms with E-state index in [9.17, 15) is 25.9 Å². The summed E-state index contributed by atoms with van der Waals surface area (Å²) in [5, 5.41) is 0.461. The number of nitrogens with zero attached hydrogens (tertiary/aromatic N) is 2. The minimum Gasteiger partial charge on any atom is -0.748 e. The van der Waals surface area contributed by atoms with E-state index < -0.39 is 31.7 Å². The molecule has 0 saturated heterocycles. The summed E-state index contributed by atoms with van der Waals surface area (Å²) in [5.41, 5.74) is 4.36. The molecule has 0 atom stereocenters. The van der Waals surface area contributed by atoms with E-state index in [-0.39, 0.29) is 70.9 Å². The number of oxazole rings is 1. The molecule has 1 aromatic heterocycles. The molecule has 0 spiro atoms. The molecular weight excluding hydrogens is 655 g/mol. The second-order valence-corrected chi connectivity index (χ2v) is 13.4. The second-order valence-electron chi connectivity index (χ2n) is 9.94. The molecule has 226 valence electrons. The first-order valence-electron chi connectivity index (χ1n) is 13.5. The monoisotopic (exact) mass is 682 g/mol. The van der Waals surface area contributed by atoms with Crippen molar-refractivity contribution in [3.63, 3.8) is 0 Å². The Balaban J connectivity index is 0.00000442. The van der Waals surface area contributed by atoms with Gasteiger partial charge in [0.15, 0.2) is 12.3 Å². The second kappa shape index (κ2) is 14.6. The number of halogens is 1. The molecule has 10 nitrogen and oxygen atoms in total. The number of aromatic nitrogens is 1. The van der Waals surface area contributed by atoms with E-state index in [1.165, 1.54) is 0 Å². The number of hydrogen-bond donors (Lipinski definition) is 0. The van der Waals surface area contributed by atoms with Crippen LogP contribution in [0.5, 0.6) is 5.75 Å². The van der Waals surface area contributed by atoms with Crippen LogP contribution in [0.25, 0.3) is 28.3 Å². The van der Waals surface area contributed by atoms with Crippen LogP contribution in [0, 0.1) is 0 Å². The zero-order chi connectivity index (χ0) is 30.8. The Hall–Kier alpha value is -2.04. The van der Waals surface area contributed by atoms with Crippen molar-refractivity contribution in [3.8, 4) is 16.9 Å². The molecule has 0 aliphatic carbocycles. The Morgan fingerprint density at radius 3 is 2.36 bits per heavy atom. The van der Waals surface area contributed by atoms with Gasteiger partial charge in [-0.25, -0.2) is 16.8 Å². The van der Waals surface area contributed by atoms with E-state index in [1.54, 1.807) is 45.9 Å². The van der Waals surface area contributed by atoms with Crippen molar-refractivity contribution in [2.24, 2.45) is 0 Å². The van der Waals surface area contributed by atoms with Gasteiger partial charge in [-0.1, -0.05) is 54.9 Å². The summed E-state index contributed by atoms with van der Waals surface area (Å²) in [7, 11) is -8.91. The Labute approximate surface area is 303 Å². The van der Waals surface area contributed by atoms with Crippen LogP contribution in [0.3, 0.4) is 0 Å². The van der Waals surface area contributed by atoms with Gasteiger partial charge in [-0.05, 0) is 53.8 Å². The largest absolute Gasteiger partial charge is 1.00 e. The predicted molar refractivity (Wildman–Crippen MR) is 161 cm³/mol. The molecule has 14 heteroatoms. The van der Waals surface area contributed by atoms with Gasteiger partial charge in [-0.15, -0.1) is 0 Å². The normalized spacial score (nSPS) is 14.5. The predicted octanol–water partition coefficient (Wildman–Crippen LogP) is 2.06. The Kier molecular flexibility index (Phi) is 11.5. The van der Waals surface area contributed by atoms with Crippen LogP contribution in [0.1, 0.15) is 25.7 Å². The number of anilines is 1. The van der Waals surface area contributed by atoms with Crippen LogP contribution >= 0.6 is 11.6 Å². The number of aryl methyl sites for hydroxylation is 1. The molecule has 0 unspecified atom stereocenters. The van der Waals surface area contributed by atoms with Crippen molar-refractivity contribution in [1.29, 1.82) is 0 Å². The third-order valence-corrected chi connectivity index (χ3v) is 8.60. The fourth-order valence-electron chi connectivity index (χ4n) is 4.83. The van der Waals surface area contributed by atoms with Crippen molar-refractivity contribution < 1.29 is 91.0 Å². The summed E-state index contributed by atoms with van der Waals surface area (Å²) in [6.45, 7) is 1.98. The molecule has 0 N–H and O–H groups in total. The number of hydrogen-bond acceptors (Lipinski definition) is 9. The van der Waals surface area contributed by atoms with E-state index in [0.717, 1.165) is 16.7 Å². The smallest absolute Gasteiger partial charge is 0.748 e. The van der Waals surface area contributed by atoms with Crippen LogP contribution in [-0.4, -0.2) is 44.0 Å². The van der Waals surface area contributed by atoms with Gasteiger partial charge in [-0.3, -0.25) is 0 Å². The Bertz CT molecular complexity index is 1940. The van der Waals surface area contributed by atoms with E-state index in [4.69, 9.17) is 20.8 Å². The van der Waals surface area contributed by atoms with Gasteiger partial charge < -0.3 is 23.2 Å². The van der Waals surface area contributed by atoms with Crippen LogP contribution in [0.2, 0.25) is 5.02 Å². The molecule has 0 saturated carbocycles. The van der Waals surface area contributed by atoms with Gasteiger partial charge in [0, 0.05) is 29.5 Å². The first-order chi connectivity index (χ1) is 20.4. The zero-order valence-corrected chi connectivity index (χ0v) is 29.6. The number of benzene rings is 3. The van der Waals surface area contributed by atoms with Gasteiger partial charge in [0.2, 0.25) is 11.5 Å². The Morgan fingerprint density at radius 2 is 1.68 bits per heavy atom. The average molecular weight is 683 g/mol. The van der Waals surface area contributed by atoms with Crippen molar-refractivity contribution in [3.05, 3.63) is 95.2 Å². The van der Waals surface area contributed by atoms with Crippen molar-refractivity contribution in [1.82, 2.24) is 0 Å². The molecular formula is C30H28ClKN2O8S2. The summed E-state index contributed by atoms with van der Waals surface area (Å²) in [5.74, 6) is 0.0882. The van der Waals surface area contributed by atoms with Gasteiger partial charge in [0.25, 0.3) is 5.52 Å². The van der Waals surface area contributed by atoms with Crippen LogP contribution < -0.4 is 65.6 Å². The molecule has 4 aromatic rings. The van der Waals surface area contributed by atoms with E-state index in [0.29, 0.717) is 45.8 Å². The van der Waals surface area contributed by atoms with Crippen LogP contribution in [-0.2, 0) is 26.8 Å². The van der Waals surface area contributed by atoms with E-state index in [2.05, 4.69) is 0 Å². The number of fused-ring (bicyclic) bond motifs is 2. The molecule has 0 amide bonds. The van der Waals surface area contributed by atoms with Crippen molar-refractivity contribution >= 4 is 54.7 Å². The van der Waals surface area contributed by atoms with E-state index >= 15 is 0 Å². The maximum atomic E-state index is 11.6. The molecule has 1 aliphatic heterocycles. The van der Waals surface area contributed by atoms with Gasteiger partial charge >= 0.3 is 57.3 Å². The van der Waals surface area contributed by atoms with Gasteiger partial charge in [-0.2, -0.15) is 4.57 Å². The molecule has 3 aromatic carbocycles. The average Bonchev–Trinajstić information content (AvgIpc) is 3.47. The number of allylic oxidation sites excluding steroid dienone is 2. The molecule has 2 heterocycles. The summed E-state index contributed by atoms with van der Waals surface area (Å²) in [6, 6.07) is 20.3. The summed E-state index contributed by atoms with van der Waals surface area (Å²) in [6.07, 6.45) is 4.09. The van der Waals surface area contributed by atoms with Gasteiger partial charge in [0.05, 0.1) is 27.6 Å². The third kappa shape index (κ3) is 8.81. The quantitative estimate of drug-likeness (QED) is 0.132. The fraction of sp³-hybridized carbons (Fsp3) is 0.233. The SMILES string of the molecule is CCC(/C=C1\Oc2ccc(Cl)cc2N1CCCS(=O)(=O)[O-])=C\c1oc2ccc(-c3ccccc3)cc2[n+]1CCS(=O)(=O)[O-].[K+]. The molecule has 0 bridgehead atoms. The maximum Gasteiger partial charge on any atom is 1.00 e. The first kappa shape index (κ1) is 34.8. The van der Waals surface area contributed by atoms with Gasteiger partial charge in [0.1, 0.15) is 10.1 Å². The zero-order valence-electron chi connectivity index (χ0n) is 24.1. The topological polar surface area (TPSA) is 144 Å².